The normalized spacial score (nSPS) is 22.8. The Balaban J connectivity index is 0.000000217. The first-order valence-electron chi connectivity index (χ1n) is 6.33. The molecule has 114 valence electrons. The molecule has 0 spiro atoms. The minimum Gasteiger partial charge on any atom is -0.508 e. The molecule has 0 amide bonds. The fourth-order valence-electron chi connectivity index (χ4n) is 1.85. The zero-order valence-electron chi connectivity index (χ0n) is 11.8. The van der Waals surface area contributed by atoms with E-state index in [0.29, 0.717) is 17.8 Å². The van der Waals surface area contributed by atoms with E-state index >= 15 is 0 Å². The molecule has 1 fully saturated rings. The van der Waals surface area contributed by atoms with Crippen LogP contribution in [0.4, 0.5) is 0 Å². The van der Waals surface area contributed by atoms with Gasteiger partial charge in [-0.25, -0.2) is 0 Å². The van der Waals surface area contributed by atoms with Gasteiger partial charge < -0.3 is 15.2 Å². The van der Waals surface area contributed by atoms with Crippen LogP contribution in [0.3, 0.4) is 0 Å². The molecule has 3 N–H and O–H groups in total. The molecule has 0 saturated carbocycles. The lowest BCUT2D eigenvalue weighted by molar-refractivity contribution is -0.0166. The summed E-state index contributed by atoms with van der Waals surface area (Å²) in [5.74, 6) is -0.187. The van der Waals surface area contributed by atoms with Gasteiger partial charge >= 0.3 is 0 Å². The molecule has 6 nitrogen and oxygen atoms in total. The molecule has 0 aromatic heterocycles. The summed E-state index contributed by atoms with van der Waals surface area (Å²) >= 11 is 0. The number of morpholine rings is 1. The second-order valence-corrected chi connectivity index (χ2v) is 6.23. The number of hydrogen-bond donors (Lipinski definition) is 3. The highest BCUT2D eigenvalue weighted by Crippen LogP contribution is 2.19. The Bertz CT molecular complexity index is 536. The number of ether oxygens (including phenoxy) is 1. The third-order valence-electron chi connectivity index (χ3n) is 2.78. The van der Waals surface area contributed by atoms with E-state index < -0.39 is 10.1 Å². The molecular weight excluding hydrogens is 282 g/mol. The van der Waals surface area contributed by atoms with Gasteiger partial charge in [-0.15, -0.1) is 0 Å². The topological polar surface area (TPSA) is 95.9 Å². The van der Waals surface area contributed by atoms with E-state index in [4.69, 9.17) is 14.4 Å². The predicted octanol–water partition coefficient (Wildman–Crippen LogP) is 1.33. The fourth-order valence-corrected chi connectivity index (χ4v) is 2.59. The van der Waals surface area contributed by atoms with Gasteiger partial charge in [-0.1, -0.05) is 6.07 Å². The summed E-state index contributed by atoms with van der Waals surface area (Å²) in [7, 11) is -4.22. The minimum absolute atomic E-state index is 0.187. The highest BCUT2D eigenvalue weighted by Gasteiger charge is 2.13. The van der Waals surface area contributed by atoms with Crippen LogP contribution in [0, 0.1) is 6.92 Å². The molecule has 2 rings (SSSR count). The molecular formula is C13H21NO5S. The Morgan fingerprint density at radius 1 is 1.25 bits per heavy atom. The fraction of sp³-hybridized carbons (Fsp3) is 0.538. The van der Waals surface area contributed by atoms with Crippen LogP contribution in [-0.2, 0) is 14.9 Å². The zero-order chi connectivity index (χ0) is 15.3. The maximum absolute atomic E-state index is 10.7. The van der Waals surface area contributed by atoms with Crippen LogP contribution in [0.2, 0.25) is 0 Å². The van der Waals surface area contributed by atoms with Crippen LogP contribution in [0.15, 0.2) is 23.1 Å². The van der Waals surface area contributed by atoms with E-state index in [1.807, 2.05) is 0 Å². The molecule has 7 heteroatoms. The molecule has 1 heterocycles. The average Bonchev–Trinajstić information content (AvgIpc) is 2.31. The van der Waals surface area contributed by atoms with E-state index in [2.05, 4.69) is 19.2 Å². The van der Waals surface area contributed by atoms with E-state index in [1.54, 1.807) is 0 Å². The zero-order valence-corrected chi connectivity index (χ0v) is 12.6. The van der Waals surface area contributed by atoms with Gasteiger partial charge in [0.1, 0.15) is 10.6 Å². The molecule has 0 radical (unpaired) electrons. The lowest BCUT2D eigenvalue weighted by Gasteiger charge is -2.25. The van der Waals surface area contributed by atoms with Crippen molar-refractivity contribution < 1.29 is 22.8 Å². The number of hydrogen-bond acceptors (Lipinski definition) is 5. The maximum atomic E-state index is 10.7. The first-order valence-corrected chi connectivity index (χ1v) is 7.77. The Kier molecular flexibility index (Phi) is 5.94. The monoisotopic (exact) mass is 303 g/mol. The molecule has 1 aliphatic rings. The van der Waals surface area contributed by atoms with Crippen molar-refractivity contribution in [2.75, 3.05) is 13.1 Å². The molecule has 20 heavy (non-hydrogen) atoms. The third-order valence-corrected chi connectivity index (χ3v) is 3.77. The van der Waals surface area contributed by atoms with Crippen molar-refractivity contribution in [3.63, 3.8) is 0 Å². The Morgan fingerprint density at radius 3 is 2.15 bits per heavy atom. The van der Waals surface area contributed by atoms with Gasteiger partial charge in [0.05, 0.1) is 12.2 Å². The van der Waals surface area contributed by atoms with E-state index in [-0.39, 0.29) is 10.6 Å². The van der Waals surface area contributed by atoms with Gasteiger partial charge in [-0.3, -0.25) is 4.55 Å². The first-order chi connectivity index (χ1) is 9.20. The van der Waals surface area contributed by atoms with Crippen molar-refractivity contribution in [1.29, 1.82) is 0 Å². The van der Waals surface area contributed by atoms with E-state index in [1.165, 1.54) is 19.1 Å². The van der Waals surface area contributed by atoms with Crippen LogP contribution in [0.1, 0.15) is 19.4 Å². The Hall–Kier alpha value is -1.15. The number of aryl methyl sites for hydroxylation is 1. The average molecular weight is 303 g/mol. The minimum atomic E-state index is -4.22. The van der Waals surface area contributed by atoms with Gasteiger partial charge in [0.2, 0.25) is 0 Å². The number of nitrogens with one attached hydrogen (secondary N) is 1. The largest absolute Gasteiger partial charge is 0.508 e. The molecule has 1 saturated heterocycles. The number of rotatable bonds is 1. The molecule has 1 aromatic rings. The number of phenolic OH excluding ortho intramolecular Hbond substituents is 1. The summed E-state index contributed by atoms with van der Waals surface area (Å²) in [4.78, 5) is -0.262. The summed E-state index contributed by atoms with van der Waals surface area (Å²) in [6.45, 7) is 7.71. The molecule has 1 aromatic carbocycles. The van der Waals surface area contributed by atoms with E-state index in [9.17, 15) is 8.42 Å². The van der Waals surface area contributed by atoms with Gasteiger partial charge in [0.15, 0.2) is 0 Å². The molecule has 2 unspecified atom stereocenters. The Labute approximate surface area is 119 Å². The lowest BCUT2D eigenvalue weighted by Crippen LogP contribution is -2.41. The summed E-state index contributed by atoms with van der Waals surface area (Å²) in [6, 6.07) is 3.77. The van der Waals surface area contributed by atoms with Crippen molar-refractivity contribution in [2.24, 2.45) is 0 Å². The number of phenols is 1. The van der Waals surface area contributed by atoms with Crippen molar-refractivity contribution in [3.05, 3.63) is 23.8 Å². The molecule has 1 aliphatic heterocycles. The van der Waals surface area contributed by atoms with Gasteiger partial charge in [-0.2, -0.15) is 8.42 Å². The van der Waals surface area contributed by atoms with Crippen LogP contribution >= 0.6 is 0 Å². The van der Waals surface area contributed by atoms with Crippen LogP contribution in [0.25, 0.3) is 0 Å². The summed E-state index contributed by atoms with van der Waals surface area (Å²) < 4.78 is 35.4. The predicted molar refractivity (Wildman–Crippen MR) is 75.5 cm³/mol. The quantitative estimate of drug-likeness (QED) is 0.677. The smallest absolute Gasteiger partial charge is 0.294 e. The van der Waals surface area contributed by atoms with Gasteiger partial charge in [0, 0.05) is 19.2 Å². The van der Waals surface area contributed by atoms with Crippen molar-refractivity contribution in [1.82, 2.24) is 5.32 Å². The molecule has 2 atom stereocenters. The third kappa shape index (κ3) is 5.46. The van der Waals surface area contributed by atoms with Crippen LogP contribution < -0.4 is 5.32 Å². The van der Waals surface area contributed by atoms with Crippen LogP contribution in [-0.4, -0.2) is 43.4 Å². The van der Waals surface area contributed by atoms with Crippen molar-refractivity contribution >= 4 is 10.1 Å². The standard InChI is InChI=1S/C7H8O4S.C6H13NO/c1-5-2-3-6(8)4-7(5)12(9,10)11;1-5-3-7-4-6(2)8-5/h2-4,8H,1H3,(H,9,10,11);5-7H,3-4H2,1-2H3. The number of benzene rings is 1. The van der Waals surface area contributed by atoms with Crippen LogP contribution in [0.5, 0.6) is 5.75 Å². The second-order valence-electron chi connectivity index (χ2n) is 4.84. The molecule has 0 aliphatic carbocycles. The Morgan fingerprint density at radius 2 is 1.80 bits per heavy atom. The van der Waals surface area contributed by atoms with E-state index in [0.717, 1.165) is 19.2 Å². The summed E-state index contributed by atoms with van der Waals surface area (Å²) in [5.41, 5.74) is 0.398. The first kappa shape index (κ1) is 16.9. The van der Waals surface area contributed by atoms with Crippen molar-refractivity contribution in [2.45, 2.75) is 37.9 Å². The SMILES string of the molecule is CC1CNCC(C)O1.Cc1ccc(O)cc1S(=O)(=O)O. The highest BCUT2D eigenvalue weighted by atomic mass is 32.2. The summed E-state index contributed by atoms with van der Waals surface area (Å²) in [6.07, 6.45) is 0.803. The van der Waals surface area contributed by atoms with Gasteiger partial charge in [-0.05, 0) is 32.4 Å². The van der Waals surface area contributed by atoms with Crippen molar-refractivity contribution in [3.8, 4) is 5.75 Å². The molecule has 0 bridgehead atoms. The second kappa shape index (κ2) is 7.03. The lowest BCUT2D eigenvalue weighted by atomic mass is 10.2. The maximum Gasteiger partial charge on any atom is 0.294 e. The highest BCUT2D eigenvalue weighted by molar-refractivity contribution is 7.85. The summed E-state index contributed by atoms with van der Waals surface area (Å²) in [5, 5.41) is 12.2. The van der Waals surface area contributed by atoms with Gasteiger partial charge in [0.25, 0.3) is 10.1 Å². The number of aromatic hydroxyl groups is 1.